The van der Waals surface area contributed by atoms with Crippen molar-refractivity contribution >= 4 is 23.3 Å². The molecule has 1 fully saturated rings. The molecule has 114 valence electrons. The number of nitrogens with zero attached hydrogens (tertiary/aromatic N) is 3. The van der Waals surface area contributed by atoms with Crippen LogP contribution in [0.2, 0.25) is 0 Å². The van der Waals surface area contributed by atoms with Crippen molar-refractivity contribution in [1.82, 2.24) is 14.7 Å². The minimum atomic E-state index is -0.762. The molecule has 1 aromatic heterocycles. The fraction of sp³-hybridized carbons (Fsp3) is 0.538. The Morgan fingerprint density at radius 1 is 1.33 bits per heavy atom. The summed E-state index contributed by atoms with van der Waals surface area (Å²) in [4.78, 5) is 36.8. The predicted octanol–water partition coefficient (Wildman–Crippen LogP) is -0.0971. The molecule has 1 N–H and O–H groups in total. The van der Waals surface area contributed by atoms with Gasteiger partial charge in [0.05, 0.1) is 25.1 Å². The van der Waals surface area contributed by atoms with Crippen LogP contribution < -0.4 is 5.32 Å². The highest BCUT2D eigenvalue weighted by Crippen LogP contribution is 2.18. The zero-order valence-electron chi connectivity index (χ0n) is 12.1. The fourth-order valence-corrected chi connectivity index (χ4v) is 2.07. The summed E-state index contributed by atoms with van der Waals surface area (Å²) in [6.07, 6.45) is 1.39. The summed E-state index contributed by atoms with van der Waals surface area (Å²) in [5, 5.41) is 6.51. The highest BCUT2D eigenvalue weighted by molar-refractivity contribution is 6.40. The number of hydrogen-bond acceptors (Lipinski definition) is 5. The average molecular weight is 294 g/mol. The molecule has 21 heavy (non-hydrogen) atoms. The molecule has 0 aromatic carbocycles. The van der Waals surface area contributed by atoms with Gasteiger partial charge in [0.15, 0.2) is 0 Å². The van der Waals surface area contributed by atoms with Crippen molar-refractivity contribution in [2.24, 2.45) is 0 Å². The van der Waals surface area contributed by atoms with Crippen LogP contribution in [0.25, 0.3) is 0 Å². The van der Waals surface area contributed by atoms with Gasteiger partial charge in [0.2, 0.25) is 5.78 Å². The fourth-order valence-electron chi connectivity index (χ4n) is 2.07. The molecular weight excluding hydrogens is 276 g/mol. The van der Waals surface area contributed by atoms with Crippen molar-refractivity contribution in [3.05, 3.63) is 11.9 Å². The lowest BCUT2D eigenvalue weighted by Crippen LogP contribution is -2.41. The van der Waals surface area contributed by atoms with E-state index in [1.807, 2.05) is 6.92 Å². The smallest absolute Gasteiger partial charge is 0.291 e. The number of ether oxygens (including phenoxy) is 1. The maximum atomic E-state index is 12.6. The van der Waals surface area contributed by atoms with Gasteiger partial charge in [-0.1, -0.05) is 0 Å². The van der Waals surface area contributed by atoms with Crippen LogP contribution in [0.3, 0.4) is 0 Å². The number of amides is 2. The van der Waals surface area contributed by atoms with Crippen molar-refractivity contribution in [3.63, 3.8) is 0 Å². The Morgan fingerprint density at radius 3 is 2.57 bits per heavy atom. The summed E-state index contributed by atoms with van der Waals surface area (Å²) in [5.41, 5.74) is 0.544. The van der Waals surface area contributed by atoms with Crippen LogP contribution in [-0.4, -0.2) is 58.6 Å². The largest absolute Gasteiger partial charge is 0.378 e. The molecule has 0 saturated carbocycles. The Kier molecular flexibility index (Phi) is 4.69. The number of anilines is 1. The second-order valence-electron chi connectivity index (χ2n) is 4.64. The molecular formula is C13H18N4O4. The summed E-state index contributed by atoms with van der Waals surface area (Å²) in [7, 11) is 0. The number of carbonyl (C=O) groups excluding carboxylic acids is 3. The van der Waals surface area contributed by atoms with E-state index in [-0.39, 0.29) is 17.3 Å². The molecule has 1 aromatic rings. The van der Waals surface area contributed by atoms with Crippen LogP contribution in [0.4, 0.5) is 5.69 Å². The number of carbonyl (C=O) groups is 3. The first kappa shape index (κ1) is 15.2. The van der Waals surface area contributed by atoms with Crippen LogP contribution in [0.1, 0.15) is 24.3 Å². The van der Waals surface area contributed by atoms with Crippen molar-refractivity contribution in [1.29, 1.82) is 0 Å². The number of morpholine rings is 1. The third-order valence-corrected chi connectivity index (χ3v) is 3.21. The summed E-state index contributed by atoms with van der Waals surface area (Å²) in [6.45, 7) is 5.47. The molecule has 0 spiro atoms. The molecule has 1 aliphatic heterocycles. The van der Waals surface area contributed by atoms with E-state index in [0.717, 1.165) is 0 Å². The highest BCUT2D eigenvalue weighted by Gasteiger charge is 2.26. The van der Waals surface area contributed by atoms with Gasteiger partial charge in [0, 0.05) is 26.6 Å². The van der Waals surface area contributed by atoms with E-state index in [1.54, 1.807) is 4.90 Å². The van der Waals surface area contributed by atoms with Gasteiger partial charge in [0.1, 0.15) is 5.69 Å². The first-order valence-corrected chi connectivity index (χ1v) is 6.79. The Morgan fingerprint density at radius 2 is 2.00 bits per heavy atom. The van der Waals surface area contributed by atoms with E-state index >= 15 is 0 Å². The number of Topliss-reactive ketones (excluding diaryl/α,β-unsaturated/α-hetero) is 1. The Bertz CT molecular complexity index is 561. The first-order chi connectivity index (χ1) is 10.0. The zero-order chi connectivity index (χ0) is 15.4. The molecule has 8 heteroatoms. The van der Waals surface area contributed by atoms with Gasteiger partial charge in [-0.15, -0.1) is 0 Å². The van der Waals surface area contributed by atoms with Crippen molar-refractivity contribution in [2.75, 3.05) is 31.6 Å². The minimum Gasteiger partial charge on any atom is -0.378 e. The molecule has 0 bridgehead atoms. The maximum Gasteiger partial charge on any atom is 0.291 e. The number of nitrogens with one attached hydrogen (secondary N) is 1. The summed E-state index contributed by atoms with van der Waals surface area (Å²) >= 11 is 0. The van der Waals surface area contributed by atoms with E-state index in [4.69, 9.17) is 4.74 Å². The van der Waals surface area contributed by atoms with Crippen molar-refractivity contribution in [2.45, 2.75) is 20.4 Å². The zero-order valence-corrected chi connectivity index (χ0v) is 12.1. The molecule has 0 aliphatic carbocycles. The molecule has 0 radical (unpaired) electrons. The summed E-state index contributed by atoms with van der Waals surface area (Å²) in [5.74, 6) is -1.61. The van der Waals surface area contributed by atoms with Gasteiger partial charge >= 0.3 is 0 Å². The van der Waals surface area contributed by atoms with Crippen LogP contribution in [0.5, 0.6) is 0 Å². The second-order valence-corrected chi connectivity index (χ2v) is 4.64. The minimum absolute atomic E-state index is 0.225. The van der Waals surface area contributed by atoms with Gasteiger partial charge in [-0.2, -0.15) is 5.10 Å². The van der Waals surface area contributed by atoms with E-state index < -0.39 is 11.7 Å². The van der Waals surface area contributed by atoms with Crippen molar-refractivity contribution < 1.29 is 19.1 Å². The van der Waals surface area contributed by atoms with Crippen LogP contribution >= 0.6 is 0 Å². The monoisotopic (exact) mass is 294 g/mol. The second kappa shape index (κ2) is 6.49. The molecule has 8 nitrogen and oxygen atoms in total. The summed E-state index contributed by atoms with van der Waals surface area (Å²) < 4.78 is 6.73. The molecule has 0 atom stereocenters. The quantitative estimate of drug-likeness (QED) is 0.783. The lowest BCUT2D eigenvalue weighted by atomic mass is 10.2. The van der Waals surface area contributed by atoms with Crippen LogP contribution in [0, 0.1) is 0 Å². The van der Waals surface area contributed by atoms with Gasteiger partial charge in [-0.25, -0.2) is 0 Å². The Hall–Kier alpha value is -2.22. The molecule has 1 saturated heterocycles. The number of aryl methyl sites for hydroxylation is 1. The maximum absolute atomic E-state index is 12.6. The highest BCUT2D eigenvalue weighted by atomic mass is 16.5. The Labute approximate surface area is 122 Å². The van der Waals surface area contributed by atoms with E-state index in [2.05, 4.69) is 10.4 Å². The normalized spacial score (nSPS) is 14.9. The molecule has 2 heterocycles. The van der Waals surface area contributed by atoms with Crippen LogP contribution in [-0.2, 0) is 20.9 Å². The van der Waals surface area contributed by atoms with Crippen LogP contribution in [0.15, 0.2) is 6.20 Å². The third-order valence-electron chi connectivity index (χ3n) is 3.21. The SMILES string of the molecule is CCn1ncc(NC(=O)C(C)=O)c1C(=O)N1CCOCC1. The van der Waals surface area contributed by atoms with E-state index in [0.29, 0.717) is 32.8 Å². The first-order valence-electron chi connectivity index (χ1n) is 6.79. The van der Waals surface area contributed by atoms with Gasteiger partial charge in [0.25, 0.3) is 11.8 Å². The molecule has 1 aliphatic rings. The van der Waals surface area contributed by atoms with E-state index in [9.17, 15) is 14.4 Å². The number of ketones is 1. The van der Waals surface area contributed by atoms with Gasteiger partial charge < -0.3 is 15.0 Å². The third kappa shape index (κ3) is 3.27. The van der Waals surface area contributed by atoms with E-state index in [1.165, 1.54) is 17.8 Å². The lowest BCUT2D eigenvalue weighted by Gasteiger charge is -2.27. The lowest BCUT2D eigenvalue weighted by molar-refractivity contribution is -0.133. The average Bonchev–Trinajstić information content (AvgIpc) is 2.89. The molecule has 2 rings (SSSR count). The van der Waals surface area contributed by atoms with Crippen molar-refractivity contribution in [3.8, 4) is 0 Å². The number of rotatable bonds is 4. The molecule has 2 amide bonds. The topological polar surface area (TPSA) is 93.5 Å². The summed E-state index contributed by atoms with van der Waals surface area (Å²) in [6, 6.07) is 0. The molecule has 0 unspecified atom stereocenters. The predicted molar refractivity (Wildman–Crippen MR) is 73.9 cm³/mol. The number of aromatic nitrogens is 2. The van der Waals surface area contributed by atoms with Gasteiger partial charge in [-0.05, 0) is 6.92 Å². The standard InChI is InChI=1S/C13H18N4O4/c1-3-17-11(13(20)16-4-6-21-7-5-16)10(8-14-17)15-12(19)9(2)18/h8H,3-7H2,1-2H3,(H,15,19). The number of hydrogen-bond donors (Lipinski definition) is 1. The Balaban J connectivity index is 2.27. The van der Waals surface area contributed by atoms with Gasteiger partial charge in [-0.3, -0.25) is 19.1 Å².